The van der Waals surface area contributed by atoms with Crippen LogP contribution in [0.4, 0.5) is 0 Å². The van der Waals surface area contributed by atoms with Gasteiger partial charge < -0.3 is 0 Å². The fourth-order valence-corrected chi connectivity index (χ4v) is 10.2. The summed E-state index contributed by atoms with van der Waals surface area (Å²) in [5.41, 5.74) is 20.2. The molecule has 0 bridgehead atoms. The summed E-state index contributed by atoms with van der Waals surface area (Å²) in [6.45, 7) is 11.8. The van der Waals surface area contributed by atoms with Crippen LogP contribution in [0.5, 0.6) is 0 Å². The summed E-state index contributed by atoms with van der Waals surface area (Å²) in [6.07, 6.45) is 12.6. The van der Waals surface area contributed by atoms with Crippen molar-refractivity contribution in [3.8, 4) is 44.6 Å². The van der Waals surface area contributed by atoms with E-state index in [-0.39, 0.29) is 30.9 Å². The summed E-state index contributed by atoms with van der Waals surface area (Å²) < 4.78 is 0. The minimum Gasteiger partial charge on any atom is -0.296 e. The van der Waals surface area contributed by atoms with Gasteiger partial charge in [-0.05, 0) is 105 Å². The number of fused-ring (bicyclic) bond motifs is 7. The monoisotopic (exact) mass is 935 g/mol. The maximum atomic E-state index is 5.48. The second-order valence-corrected chi connectivity index (χ2v) is 17.5. The molecule has 0 saturated heterocycles. The Kier molecular flexibility index (Phi) is 11.5. The average molecular weight is 935 g/mol. The van der Waals surface area contributed by atoms with E-state index < -0.39 is 0 Å². The van der Waals surface area contributed by atoms with Crippen molar-refractivity contribution < 1.29 is 20.1 Å². The van der Waals surface area contributed by atoms with Crippen LogP contribution < -0.4 is 0 Å². The van der Waals surface area contributed by atoms with E-state index in [2.05, 4.69) is 168 Å². The Morgan fingerprint density at radius 1 is 0.517 bits per heavy atom. The van der Waals surface area contributed by atoms with Crippen LogP contribution in [-0.2, 0) is 43.8 Å². The summed E-state index contributed by atoms with van der Waals surface area (Å²) in [7, 11) is 0. The second-order valence-electron chi connectivity index (χ2n) is 17.5. The van der Waals surface area contributed by atoms with Crippen LogP contribution in [0.3, 0.4) is 0 Å². The smallest absolute Gasteiger partial charge is 0.0607 e. The molecular formula is C56H56IrN-. The van der Waals surface area contributed by atoms with E-state index in [4.69, 9.17) is 4.98 Å². The summed E-state index contributed by atoms with van der Waals surface area (Å²) in [5, 5.41) is 1.20. The Balaban J connectivity index is 0.00000469. The van der Waals surface area contributed by atoms with Crippen molar-refractivity contribution in [1.82, 2.24) is 4.98 Å². The number of rotatable bonds is 13. The first-order chi connectivity index (χ1) is 27.8. The van der Waals surface area contributed by atoms with Crippen LogP contribution in [0.15, 0.2) is 127 Å². The molecule has 1 aromatic heterocycles. The van der Waals surface area contributed by atoms with Crippen LogP contribution in [0.25, 0.3) is 55.5 Å². The van der Waals surface area contributed by atoms with Gasteiger partial charge in [0.1, 0.15) is 0 Å². The summed E-state index contributed by atoms with van der Waals surface area (Å²) in [5.74, 6) is 0. The van der Waals surface area contributed by atoms with E-state index in [1.807, 2.05) is 0 Å². The number of benzene rings is 6. The Morgan fingerprint density at radius 3 is 1.79 bits per heavy atom. The van der Waals surface area contributed by atoms with Gasteiger partial charge in [0.15, 0.2) is 0 Å². The molecule has 7 aromatic rings. The van der Waals surface area contributed by atoms with E-state index in [1.54, 1.807) is 0 Å². The van der Waals surface area contributed by atoms with Gasteiger partial charge in [-0.25, -0.2) is 0 Å². The van der Waals surface area contributed by atoms with Crippen molar-refractivity contribution in [3.05, 3.63) is 172 Å². The van der Waals surface area contributed by atoms with Gasteiger partial charge in [-0.2, -0.15) is 0 Å². The molecule has 0 spiro atoms. The van der Waals surface area contributed by atoms with Crippen molar-refractivity contribution in [3.63, 3.8) is 0 Å². The van der Waals surface area contributed by atoms with Crippen molar-refractivity contribution in [2.45, 2.75) is 110 Å². The van der Waals surface area contributed by atoms with Crippen molar-refractivity contribution in [2.24, 2.45) is 0 Å². The second kappa shape index (κ2) is 16.6. The van der Waals surface area contributed by atoms with Crippen LogP contribution in [0.2, 0.25) is 0 Å². The zero-order valence-corrected chi connectivity index (χ0v) is 37.4. The Bertz CT molecular complexity index is 2570. The van der Waals surface area contributed by atoms with Gasteiger partial charge in [-0.3, -0.25) is 4.98 Å². The van der Waals surface area contributed by atoms with Crippen LogP contribution in [0, 0.1) is 6.07 Å². The molecule has 58 heavy (non-hydrogen) atoms. The Morgan fingerprint density at radius 2 is 1.12 bits per heavy atom. The van der Waals surface area contributed by atoms with E-state index in [1.165, 1.54) is 129 Å². The number of pyridine rings is 1. The van der Waals surface area contributed by atoms with Crippen LogP contribution in [0.1, 0.15) is 125 Å². The van der Waals surface area contributed by atoms with Gasteiger partial charge >= 0.3 is 0 Å². The predicted molar refractivity (Wildman–Crippen MR) is 242 cm³/mol. The zero-order chi connectivity index (χ0) is 39.1. The number of hydrogen-bond donors (Lipinski definition) is 0. The molecule has 2 aliphatic rings. The van der Waals surface area contributed by atoms with Gasteiger partial charge in [-0.15, -0.1) is 29.3 Å². The average Bonchev–Trinajstić information content (AvgIpc) is 3.64. The minimum atomic E-state index is -0.273. The molecule has 1 unspecified atom stereocenters. The topological polar surface area (TPSA) is 12.9 Å². The summed E-state index contributed by atoms with van der Waals surface area (Å²) in [4.78, 5) is 5.48. The molecule has 0 amide bonds. The summed E-state index contributed by atoms with van der Waals surface area (Å²) >= 11 is 0. The molecule has 2 heteroatoms. The molecule has 1 atom stereocenters. The summed E-state index contributed by atoms with van der Waals surface area (Å²) in [6, 6.07) is 52.1. The Hall–Kier alpha value is -4.62. The molecule has 1 radical (unpaired) electrons. The molecule has 0 aliphatic heterocycles. The molecule has 1 nitrogen and oxygen atoms in total. The van der Waals surface area contributed by atoms with E-state index >= 15 is 0 Å². The number of aryl methyl sites for hydroxylation is 2. The molecule has 6 aromatic carbocycles. The number of aromatic nitrogens is 1. The molecule has 2 aliphatic carbocycles. The predicted octanol–water partition coefficient (Wildman–Crippen LogP) is 15.3. The van der Waals surface area contributed by atoms with Gasteiger partial charge in [0.2, 0.25) is 0 Å². The standard InChI is InChI=1S/C56H56N.Ir/c1-6-8-10-13-21-38-31-39(22-14-11-9-7-2)33-42(32-38)56(5)50-28-20-18-26-44(50)46-34-41(29-30-51(46)56)53-36-45(40-23-15-12-16-24-40)48-35-52-47(37-54(48)57-53)43-25-17-19-27-49(43)55(52,3)4;/h12,15-20,23-28,30-37H,6-11,13-14,21-22H2,1-5H3;/q-1;. The molecule has 295 valence electrons. The first-order valence-electron chi connectivity index (χ1n) is 21.8. The van der Waals surface area contributed by atoms with E-state index in [0.29, 0.717) is 0 Å². The van der Waals surface area contributed by atoms with Gasteiger partial charge in [0, 0.05) is 36.3 Å². The van der Waals surface area contributed by atoms with Crippen molar-refractivity contribution >= 4 is 10.9 Å². The molecule has 0 fully saturated rings. The van der Waals surface area contributed by atoms with E-state index in [0.717, 1.165) is 29.6 Å². The molecule has 0 saturated carbocycles. The van der Waals surface area contributed by atoms with E-state index in [9.17, 15) is 0 Å². The first kappa shape index (κ1) is 40.2. The van der Waals surface area contributed by atoms with Gasteiger partial charge in [-0.1, -0.05) is 182 Å². The quantitative estimate of drug-likeness (QED) is 0.0829. The molecule has 0 N–H and O–H groups in total. The maximum absolute atomic E-state index is 5.48. The Labute approximate surface area is 360 Å². The van der Waals surface area contributed by atoms with Gasteiger partial charge in [0.05, 0.1) is 5.52 Å². The van der Waals surface area contributed by atoms with Crippen molar-refractivity contribution in [1.29, 1.82) is 0 Å². The molecular weight excluding hydrogens is 879 g/mol. The maximum Gasteiger partial charge on any atom is 0.0607 e. The van der Waals surface area contributed by atoms with Crippen LogP contribution in [-0.4, -0.2) is 4.98 Å². The fourth-order valence-electron chi connectivity index (χ4n) is 10.2. The third kappa shape index (κ3) is 7.01. The van der Waals surface area contributed by atoms with Crippen molar-refractivity contribution in [2.75, 3.05) is 0 Å². The number of nitrogens with zero attached hydrogens (tertiary/aromatic N) is 1. The molecule has 9 rings (SSSR count). The molecule has 1 heterocycles. The number of unbranched alkanes of at least 4 members (excludes halogenated alkanes) is 6. The SMILES string of the molecule is CCCCCCc1cc(CCCCCC)cc(C2(C)c3c[c-]c(-c4cc(-c5ccccc5)c5cc6c(cc5n4)-c4ccccc4C6(C)C)cc3-c3ccccc32)c1.[Ir]. The first-order valence-corrected chi connectivity index (χ1v) is 21.8. The normalized spacial score (nSPS) is 15.7. The third-order valence-corrected chi connectivity index (χ3v) is 13.4. The fraction of sp³-hybridized carbons (Fsp3) is 0.304. The number of hydrogen-bond acceptors (Lipinski definition) is 1. The largest absolute Gasteiger partial charge is 0.296 e. The zero-order valence-electron chi connectivity index (χ0n) is 35.0. The van der Waals surface area contributed by atoms with Crippen LogP contribution >= 0.6 is 0 Å². The minimum absolute atomic E-state index is 0. The van der Waals surface area contributed by atoms with Gasteiger partial charge in [0.25, 0.3) is 0 Å². The third-order valence-electron chi connectivity index (χ3n) is 13.4.